The fourth-order valence-electron chi connectivity index (χ4n) is 3.90. The molecule has 1 N–H and O–H groups in total. The zero-order chi connectivity index (χ0) is 23.7. The molecular weight excluding hydrogens is 450 g/mol. The van der Waals surface area contributed by atoms with E-state index in [-0.39, 0.29) is 29.9 Å². The van der Waals surface area contributed by atoms with Gasteiger partial charge in [-0.2, -0.15) is 0 Å². The van der Waals surface area contributed by atoms with E-state index in [0.29, 0.717) is 33.2 Å². The Labute approximate surface area is 200 Å². The van der Waals surface area contributed by atoms with Gasteiger partial charge < -0.3 is 14.8 Å². The van der Waals surface area contributed by atoms with E-state index in [0.717, 1.165) is 11.3 Å². The molecule has 0 saturated heterocycles. The van der Waals surface area contributed by atoms with Gasteiger partial charge in [0.25, 0.3) is 5.56 Å². The zero-order valence-corrected chi connectivity index (χ0v) is 19.6. The minimum atomic E-state index is -0.213. The van der Waals surface area contributed by atoms with Crippen LogP contribution in [-0.2, 0) is 4.79 Å². The van der Waals surface area contributed by atoms with Crippen LogP contribution in [0.25, 0.3) is 16.6 Å². The second kappa shape index (κ2) is 9.23. The molecule has 1 aliphatic rings. The SMILES string of the molecule is CC(C)c1ccccc1-n1c(SCC(=O)Nc2ccc3c(c2)OCO3)nc2ccccc2c1=O. The number of hydrogen-bond donors (Lipinski definition) is 1. The zero-order valence-electron chi connectivity index (χ0n) is 18.8. The van der Waals surface area contributed by atoms with Crippen LogP contribution in [0.5, 0.6) is 11.5 Å². The third-order valence-corrected chi connectivity index (χ3v) is 6.47. The number of benzene rings is 3. The Balaban J connectivity index is 1.47. The van der Waals surface area contributed by atoms with Crippen molar-refractivity contribution in [1.29, 1.82) is 0 Å². The summed E-state index contributed by atoms with van der Waals surface area (Å²) in [6, 6.07) is 20.3. The number of aromatic nitrogens is 2. The number of amides is 1. The predicted octanol–water partition coefficient (Wildman–Crippen LogP) is 4.97. The molecular formula is C26H23N3O4S. The molecule has 3 aromatic carbocycles. The lowest BCUT2D eigenvalue weighted by molar-refractivity contribution is -0.113. The number of ether oxygens (including phenoxy) is 2. The Hall–Kier alpha value is -3.78. The number of nitrogens with zero attached hydrogens (tertiary/aromatic N) is 2. The van der Waals surface area contributed by atoms with Crippen molar-refractivity contribution in [3.05, 3.63) is 82.6 Å². The average Bonchev–Trinajstić information content (AvgIpc) is 3.31. The summed E-state index contributed by atoms with van der Waals surface area (Å²) in [6.07, 6.45) is 0. The van der Waals surface area contributed by atoms with Gasteiger partial charge in [-0.1, -0.05) is 55.9 Å². The summed E-state index contributed by atoms with van der Waals surface area (Å²) >= 11 is 1.23. The van der Waals surface area contributed by atoms with Gasteiger partial charge in [-0.3, -0.25) is 14.2 Å². The molecule has 0 saturated carbocycles. The summed E-state index contributed by atoms with van der Waals surface area (Å²) in [5.41, 5.74) is 2.87. The van der Waals surface area contributed by atoms with Gasteiger partial charge in [0, 0.05) is 11.8 Å². The van der Waals surface area contributed by atoms with Crippen LogP contribution in [0.4, 0.5) is 5.69 Å². The molecule has 0 fully saturated rings. The van der Waals surface area contributed by atoms with Gasteiger partial charge in [0.2, 0.25) is 12.7 Å². The molecule has 2 heterocycles. The van der Waals surface area contributed by atoms with Crippen LogP contribution in [0.2, 0.25) is 0 Å². The van der Waals surface area contributed by atoms with Crippen molar-refractivity contribution < 1.29 is 14.3 Å². The molecule has 0 atom stereocenters. The molecule has 7 nitrogen and oxygen atoms in total. The van der Waals surface area contributed by atoms with E-state index < -0.39 is 0 Å². The molecule has 0 spiro atoms. The fraction of sp³-hybridized carbons (Fsp3) is 0.192. The summed E-state index contributed by atoms with van der Waals surface area (Å²) < 4.78 is 12.3. The van der Waals surface area contributed by atoms with Crippen LogP contribution in [0.15, 0.2) is 76.7 Å². The van der Waals surface area contributed by atoms with Crippen LogP contribution >= 0.6 is 11.8 Å². The molecule has 1 aliphatic heterocycles. The Kier molecular flexibility index (Phi) is 5.98. The van der Waals surface area contributed by atoms with E-state index >= 15 is 0 Å². The molecule has 0 bridgehead atoms. The molecule has 0 unspecified atom stereocenters. The van der Waals surface area contributed by atoms with E-state index in [4.69, 9.17) is 14.5 Å². The third kappa shape index (κ3) is 4.24. The van der Waals surface area contributed by atoms with Crippen LogP contribution < -0.4 is 20.3 Å². The second-order valence-corrected chi connectivity index (χ2v) is 9.11. The Morgan fingerprint density at radius 3 is 2.68 bits per heavy atom. The van der Waals surface area contributed by atoms with Crippen LogP contribution in [0.3, 0.4) is 0 Å². The van der Waals surface area contributed by atoms with Crippen molar-refractivity contribution in [2.75, 3.05) is 17.9 Å². The number of thioether (sulfide) groups is 1. The third-order valence-electron chi connectivity index (χ3n) is 5.53. The summed E-state index contributed by atoms with van der Waals surface area (Å²) in [6.45, 7) is 4.35. The maximum atomic E-state index is 13.6. The Morgan fingerprint density at radius 1 is 1.06 bits per heavy atom. The lowest BCUT2D eigenvalue weighted by Gasteiger charge is -2.18. The van der Waals surface area contributed by atoms with Crippen molar-refractivity contribution in [2.24, 2.45) is 0 Å². The van der Waals surface area contributed by atoms with Gasteiger partial charge in [0.15, 0.2) is 16.7 Å². The van der Waals surface area contributed by atoms with Gasteiger partial charge in [-0.25, -0.2) is 4.98 Å². The van der Waals surface area contributed by atoms with Crippen molar-refractivity contribution in [2.45, 2.75) is 24.9 Å². The summed E-state index contributed by atoms with van der Waals surface area (Å²) in [4.78, 5) is 31.0. The van der Waals surface area contributed by atoms with E-state index in [9.17, 15) is 9.59 Å². The Bertz CT molecular complexity index is 1450. The van der Waals surface area contributed by atoms with Crippen LogP contribution in [-0.4, -0.2) is 28.0 Å². The highest BCUT2D eigenvalue weighted by Gasteiger charge is 2.19. The van der Waals surface area contributed by atoms with Crippen molar-refractivity contribution in [1.82, 2.24) is 9.55 Å². The smallest absolute Gasteiger partial charge is 0.266 e. The first-order valence-electron chi connectivity index (χ1n) is 10.9. The summed E-state index contributed by atoms with van der Waals surface area (Å²) in [7, 11) is 0. The monoisotopic (exact) mass is 473 g/mol. The van der Waals surface area contributed by atoms with E-state index in [1.165, 1.54) is 11.8 Å². The highest BCUT2D eigenvalue weighted by Crippen LogP contribution is 2.34. The number of rotatable bonds is 6. The topological polar surface area (TPSA) is 82.5 Å². The first-order chi connectivity index (χ1) is 16.5. The number of hydrogen-bond acceptors (Lipinski definition) is 6. The van der Waals surface area contributed by atoms with E-state index in [2.05, 4.69) is 19.2 Å². The van der Waals surface area contributed by atoms with Gasteiger partial charge in [-0.15, -0.1) is 0 Å². The number of carbonyl (C=O) groups is 1. The number of anilines is 1. The molecule has 1 amide bonds. The first kappa shape index (κ1) is 22.0. The highest BCUT2D eigenvalue weighted by molar-refractivity contribution is 7.99. The van der Waals surface area contributed by atoms with E-state index in [1.807, 2.05) is 42.5 Å². The lowest BCUT2D eigenvalue weighted by Crippen LogP contribution is -2.24. The molecule has 8 heteroatoms. The molecule has 1 aromatic heterocycles. The molecule has 4 aromatic rings. The largest absolute Gasteiger partial charge is 0.454 e. The quantitative estimate of drug-likeness (QED) is 0.315. The number of fused-ring (bicyclic) bond motifs is 2. The van der Waals surface area contributed by atoms with Gasteiger partial charge in [0.1, 0.15) is 0 Å². The number of nitrogens with one attached hydrogen (secondary N) is 1. The van der Waals surface area contributed by atoms with Crippen LogP contribution in [0, 0.1) is 0 Å². The van der Waals surface area contributed by atoms with Gasteiger partial charge in [0.05, 0.1) is 22.3 Å². The first-order valence-corrected chi connectivity index (χ1v) is 11.9. The molecule has 172 valence electrons. The van der Waals surface area contributed by atoms with Gasteiger partial charge >= 0.3 is 0 Å². The normalized spacial score (nSPS) is 12.3. The maximum absolute atomic E-state index is 13.6. The standard InChI is InChI=1S/C26H23N3O4S/c1-16(2)18-7-4-6-10-21(18)29-25(31)19-8-3-5-9-20(19)28-26(29)34-14-24(30)27-17-11-12-22-23(13-17)33-15-32-22/h3-13,16H,14-15H2,1-2H3,(H,27,30). The van der Waals surface area contributed by atoms with Crippen LogP contribution in [0.1, 0.15) is 25.3 Å². The van der Waals surface area contributed by atoms with Crippen molar-refractivity contribution >= 4 is 34.3 Å². The average molecular weight is 474 g/mol. The summed E-state index contributed by atoms with van der Waals surface area (Å²) in [5, 5.41) is 3.88. The fourth-order valence-corrected chi connectivity index (χ4v) is 4.71. The van der Waals surface area contributed by atoms with Crippen molar-refractivity contribution in [3.63, 3.8) is 0 Å². The molecule has 0 radical (unpaired) electrons. The number of carbonyl (C=O) groups excluding carboxylic acids is 1. The number of para-hydroxylation sites is 2. The molecule has 0 aliphatic carbocycles. The second-order valence-electron chi connectivity index (χ2n) is 8.17. The van der Waals surface area contributed by atoms with Crippen molar-refractivity contribution in [3.8, 4) is 17.2 Å². The lowest BCUT2D eigenvalue weighted by atomic mass is 10.0. The highest BCUT2D eigenvalue weighted by atomic mass is 32.2. The maximum Gasteiger partial charge on any atom is 0.266 e. The summed E-state index contributed by atoms with van der Waals surface area (Å²) in [5.74, 6) is 1.33. The molecule has 5 rings (SSSR count). The van der Waals surface area contributed by atoms with Gasteiger partial charge in [-0.05, 0) is 41.8 Å². The van der Waals surface area contributed by atoms with E-state index in [1.54, 1.807) is 28.8 Å². The molecule has 34 heavy (non-hydrogen) atoms. The minimum absolute atomic E-state index is 0.0864. The Morgan fingerprint density at radius 2 is 1.82 bits per heavy atom. The predicted molar refractivity (Wildman–Crippen MR) is 133 cm³/mol. The minimum Gasteiger partial charge on any atom is -0.454 e.